The molecule has 1 aliphatic carbocycles. The molecule has 1 aromatic heterocycles. The molecular weight excluding hydrogens is 330 g/mol. The Morgan fingerprint density at radius 3 is 2.56 bits per heavy atom. The van der Waals surface area contributed by atoms with Gasteiger partial charge in [0.15, 0.2) is 0 Å². The fourth-order valence-corrected chi connectivity index (χ4v) is 4.01. The summed E-state index contributed by atoms with van der Waals surface area (Å²) in [4.78, 5) is 5.28. The van der Waals surface area contributed by atoms with E-state index in [0.717, 1.165) is 40.4 Å². The highest BCUT2D eigenvalue weighted by atomic mass is 32.1. The van der Waals surface area contributed by atoms with Crippen molar-refractivity contribution in [1.82, 2.24) is 4.68 Å². The molecule has 1 aliphatic rings. The van der Waals surface area contributed by atoms with Gasteiger partial charge in [-0.3, -0.25) is 4.99 Å². The van der Waals surface area contributed by atoms with E-state index in [9.17, 15) is 0 Å². The molecule has 0 bridgehead atoms. The van der Waals surface area contributed by atoms with Gasteiger partial charge in [-0.1, -0.05) is 36.4 Å². The van der Waals surface area contributed by atoms with Crippen LogP contribution in [0.2, 0.25) is 0 Å². The van der Waals surface area contributed by atoms with Crippen molar-refractivity contribution in [3.63, 3.8) is 0 Å². The Morgan fingerprint density at radius 1 is 1.00 bits per heavy atom. The summed E-state index contributed by atoms with van der Waals surface area (Å²) < 4.78 is 7.48. The highest BCUT2D eigenvalue weighted by molar-refractivity contribution is 7.07. The summed E-state index contributed by atoms with van der Waals surface area (Å²) in [7, 11) is 3.50. The summed E-state index contributed by atoms with van der Waals surface area (Å²) in [5.74, 6) is 0.837. The zero-order valence-corrected chi connectivity index (χ0v) is 15.1. The second-order valence-corrected chi connectivity index (χ2v) is 6.68. The maximum Gasteiger partial charge on any atom is 0.205 e. The van der Waals surface area contributed by atoms with Gasteiger partial charge >= 0.3 is 0 Å². The zero-order valence-electron chi connectivity index (χ0n) is 14.3. The molecule has 0 fully saturated rings. The minimum atomic E-state index is 0.837. The quantitative estimate of drug-likeness (QED) is 0.705. The van der Waals surface area contributed by atoms with E-state index in [1.54, 1.807) is 25.5 Å². The Kier molecular flexibility index (Phi) is 4.24. The van der Waals surface area contributed by atoms with Crippen molar-refractivity contribution in [2.75, 3.05) is 14.2 Å². The second-order valence-electron chi connectivity index (χ2n) is 5.84. The van der Waals surface area contributed by atoms with E-state index in [0.29, 0.717) is 0 Å². The molecule has 0 unspecified atom stereocenters. The summed E-state index contributed by atoms with van der Waals surface area (Å²) >= 11 is 1.59. The van der Waals surface area contributed by atoms with Crippen LogP contribution in [0, 0.1) is 0 Å². The summed E-state index contributed by atoms with van der Waals surface area (Å²) in [6.07, 6.45) is 2.00. The number of fused-ring (bicyclic) bond motifs is 1. The maximum absolute atomic E-state index is 5.54. The lowest BCUT2D eigenvalue weighted by atomic mass is 10.1. The van der Waals surface area contributed by atoms with E-state index in [1.165, 1.54) is 11.1 Å². The molecule has 0 saturated carbocycles. The summed E-state index contributed by atoms with van der Waals surface area (Å²) in [6.45, 7) is 0. The van der Waals surface area contributed by atoms with Gasteiger partial charge in [-0.25, -0.2) is 4.68 Å². The van der Waals surface area contributed by atoms with E-state index >= 15 is 0 Å². The minimum Gasteiger partial charge on any atom is -0.496 e. The Labute approximate surface area is 150 Å². The zero-order chi connectivity index (χ0) is 17.2. The van der Waals surface area contributed by atoms with Crippen molar-refractivity contribution in [2.24, 2.45) is 10.1 Å². The molecule has 0 N–H and O–H groups in total. The average Bonchev–Trinajstić information content (AvgIpc) is 3.26. The molecule has 3 aromatic rings. The van der Waals surface area contributed by atoms with E-state index in [4.69, 9.17) is 9.84 Å². The van der Waals surface area contributed by atoms with Crippen LogP contribution in [0.25, 0.3) is 11.3 Å². The first-order valence-corrected chi connectivity index (χ1v) is 9.12. The largest absolute Gasteiger partial charge is 0.496 e. The van der Waals surface area contributed by atoms with Crippen LogP contribution < -0.4 is 9.54 Å². The molecule has 25 heavy (non-hydrogen) atoms. The third kappa shape index (κ3) is 2.81. The van der Waals surface area contributed by atoms with Gasteiger partial charge in [0.25, 0.3) is 0 Å². The van der Waals surface area contributed by atoms with Crippen molar-refractivity contribution in [3.8, 4) is 17.0 Å². The lowest BCUT2D eigenvalue weighted by Gasteiger charge is -2.09. The monoisotopic (exact) mass is 349 g/mol. The van der Waals surface area contributed by atoms with Gasteiger partial charge in [-0.2, -0.15) is 5.10 Å². The van der Waals surface area contributed by atoms with E-state index in [-0.39, 0.29) is 0 Å². The summed E-state index contributed by atoms with van der Waals surface area (Å²) in [5, 5.41) is 7.06. The molecule has 126 valence electrons. The Hall–Kier alpha value is -2.66. The Balaban J connectivity index is 1.89. The molecule has 0 radical (unpaired) electrons. The number of methoxy groups -OCH3 is 1. The topological polar surface area (TPSA) is 38.9 Å². The normalized spacial score (nSPS) is 15.6. The molecule has 1 heterocycles. The van der Waals surface area contributed by atoms with Gasteiger partial charge in [0.05, 0.1) is 18.5 Å². The van der Waals surface area contributed by atoms with Crippen LogP contribution in [-0.4, -0.2) is 24.5 Å². The second kappa shape index (κ2) is 6.69. The number of nitrogens with zero attached hydrogens (tertiary/aromatic N) is 3. The lowest BCUT2D eigenvalue weighted by Crippen LogP contribution is -2.14. The van der Waals surface area contributed by atoms with E-state index in [1.807, 2.05) is 22.9 Å². The standard InChI is InChI=1S/C20H19N3OS/c1-21-20-23(22-17-12-11-14-7-3-4-8-15(14)17)18(13-25-20)16-9-5-6-10-19(16)24-2/h3-10,13H,11-12H2,1-2H3. The molecule has 0 spiro atoms. The first kappa shape index (κ1) is 15.8. The molecule has 0 aliphatic heterocycles. The molecule has 0 amide bonds. The van der Waals surface area contributed by atoms with Crippen LogP contribution in [0.3, 0.4) is 0 Å². The summed E-state index contributed by atoms with van der Waals surface area (Å²) in [6, 6.07) is 16.5. The van der Waals surface area contributed by atoms with Crippen LogP contribution >= 0.6 is 11.3 Å². The van der Waals surface area contributed by atoms with Crippen LogP contribution in [0.1, 0.15) is 17.5 Å². The lowest BCUT2D eigenvalue weighted by molar-refractivity contribution is 0.416. The first-order valence-electron chi connectivity index (χ1n) is 8.24. The highest BCUT2D eigenvalue weighted by Crippen LogP contribution is 2.30. The smallest absolute Gasteiger partial charge is 0.205 e. The first-order chi connectivity index (χ1) is 12.3. The number of ether oxygens (including phenoxy) is 1. The molecule has 4 nitrogen and oxygen atoms in total. The molecule has 4 rings (SSSR count). The average molecular weight is 349 g/mol. The number of rotatable bonds is 3. The van der Waals surface area contributed by atoms with Crippen molar-refractivity contribution in [1.29, 1.82) is 0 Å². The van der Waals surface area contributed by atoms with Crippen LogP contribution in [0.5, 0.6) is 5.75 Å². The van der Waals surface area contributed by atoms with Gasteiger partial charge < -0.3 is 4.74 Å². The predicted molar refractivity (Wildman–Crippen MR) is 102 cm³/mol. The summed E-state index contributed by atoms with van der Waals surface area (Å²) in [5.41, 5.74) is 5.74. The maximum atomic E-state index is 5.54. The number of hydrogen-bond donors (Lipinski definition) is 0. The van der Waals surface area contributed by atoms with Gasteiger partial charge in [-0.15, -0.1) is 11.3 Å². The highest BCUT2D eigenvalue weighted by Gasteiger charge is 2.19. The van der Waals surface area contributed by atoms with Crippen LogP contribution in [0.15, 0.2) is 64.0 Å². The molecule has 5 heteroatoms. The number of hydrogen-bond acceptors (Lipinski definition) is 4. The molecular formula is C20H19N3OS. The van der Waals surface area contributed by atoms with Crippen molar-refractivity contribution >= 4 is 17.0 Å². The van der Waals surface area contributed by atoms with Gasteiger partial charge in [0.2, 0.25) is 4.80 Å². The third-order valence-electron chi connectivity index (χ3n) is 4.44. The fourth-order valence-electron chi connectivity index (χ4n) is 3.22. The van der Waals surface area contributed by atoms with Crippen LogP contribution in [-0.2, 0) is 6.42 Å². The fraction of sp³-hybridized carbons (Fsp3) is 0.200. The van der Waals surface area contributed by atoms with Gasteiger partial charge in [-0.05, 0) is 30.5 Å². The van der Waals surface area contributed by atoms with Crippen LogP contribution in [0.4, 0.5) is 0 Å². The number of para-hydroxylation sites is 1. The third-order valence-corrected chi connectivity index (χ3v) is 5.35. The predicted octanol–water partition coefficient (Wildman–Crippen LogP) is 3.95. The van der Waals surface area contributed by atoms with Gasteiger partial charge in [0.1, 0.15) is 5.75 Å². The molecule has 0 atom stereocenters. The number of thiazole rings is 1. The SMILES string of the molecule is CN=c1scc(-c2ccccc2OC)n1N=C1CCc2ccccc21. The van der Waals surface area contributed by atoms with Gasteiger partial charge in [0, 0.05) is 23.6 Å². The minimum absolute atomic E-state index is 0.837. The Morgan fingerprint density at radius 2 is 1.76 bits per heavy atom. The molecule has 2 aromatic carbocycles. The number of benzene rings is 2. The van der Waals surface area contributed by atoms with Crippen molar-refractivity contribution in [2.45, 2.75) is 12.8 Å². The van der Waals surface area contributed by atoms with Crippen molar-refractivity contribution < 1.29 is 4.74 Å². The molecule has 0 saturated heterocycles. The van der Waals surface area contributed by atoms with E-state index in [2.05, 4.69) is 40.7 Å². The number of aromatic nitrogens is 1. The number of aryl methyl sites for hydroxylation is 1. The van der Waals surface area contributed by atoms with E-state index < -0.39 is 0 Å². The van der Waals surface area contributed by atoms with Crippen molar-refractivity contribution in [3.05, 3.63) is 69.8 Å². The Bertz CT molecular complexity index is 1010.